The normalized spacial score (nSPS) is 19.0. The molecule has 0 aliphatic heterocycles. The first-order valence-corrected chi connectivity index (χ1v) is 7.92. The first kappa shape index (κ1) is 14.4. The van der Waals surface area contributed by atoms with E-state index in [9.17, 15) is 13.5 Å². The zero-order chi connectivity index (χ0) is 14.0. The summed E-state index contributed by atoms with van der Waals surface area (Å²) in [5.74, 6) is 0.267. The molecule has 106 valence electrons. The molecule has 1 heterocycles. The Morgan fingerprint density at radius 2 is 2.21 bits per heavy atom. The number of rotatable bonds is 4. The number of fused-ring (bicyclic) bond motifs is 1. The molecule has 0 fully saturated rings. The summed E-state index contributed by atoms with van der Waals surface area (Å²) in [5, 5.41) is 17.6. The van der Waals surface area contributed by atoms with Crippen LogP contribution in [-0.4, -0.2) is 41.9 Å². The quantitative estimate of drug-likeness (QED) is 0.656. The highest BCUT2D eigenvalue weighted by Crippen LogP contribution is 2.26. The molecular weight excluding hydrogens is 292 g/mol. The van der Waals surface area contributed by atoms with Gasteiger partial charge in [0.2, 0.25) is 15.3 Å². The fraction of sp³-hybridized carbons (Fsp3) is 0.600. The summed E-state index contributed by atoms with van der Waals surface area (Å²) in [4.78, 5) is 8.16. The van der Waals surface area contributed by atoms with Crippen LogP contribution in [0.2, 0.25) is 5.28 Å². The lowest BCUT2D eigenvalue weighted by Crippen LogP contribution is -2.25. The van der Waals surface area contributed by atoms with Crippen molar-refractivity contribution in [2.24, 2.45) is 5.14 Å². The highest BCUT2D eigenvalue weighted by Gasteiger charge is 2.22. The number of hydrogen-bond donors (Lipinski definition) is 3. The Labute approximate surface area is 116 Å². The van der Waals surface area contributed by atoms with Crippen LogP contribution in [0.3, 0.4) is 0 Å². The van der Waals surface area contributed by atoms with Crippen molar-refractivity contribution in [3.05, 3.63) is 16.5 Å². The minimum absolute atomic E-state index is 0.105. The van der Waals surface area contributed by atoms with E-state index in [1.54, 1.807) is 0 Å². The molecule has 0 saturated carbocycles. The minimum Gasteiger partial charge on any atom is -0.393 e. The maximum Gasteiger partial charge on any atom is 0.224 e. The molecule has 1 aliphatic carbocycles. The van der Waals surface area contributed by atoms with Crippen molar-refractivity contribution in [2.75, 3.05) is 17.6 Å². The molecule has 4 N–H and O–H groups in total. The van der Waals surface area contributed by atoms with Gasteiger partial charge in [-0.15, -0.1) is 0 Å². The third-order valence-electron chi connectivity index (χ3n) is 2.90. The number of halogens is 1. The van der Waals surface area contributed by atoms with Gasteiger partial charge in [0.15, 0.2) is 0 Å². The van der Waals surface area contributed by atoms with Crippen LogP contribution in [0.1, 0.15) is 17.7 Å². The van der Waals surface area contributed by atoms with Crippen LogP contribution >= 0.6 is 11.6 Å². The van der Waals surface area contributed by atoms with Gasteiger partial charge < -0.3 is 10.4 Å². The van der Waals surface area contributed by atoms with E-state index in [-0.39, 0.29) is 17.6 Å². The van der Waals surface area contributed by atoms with Gasteiger partial charge in [-0.3, -0.25) is 0 Å². The predicted molar refractivity (Wildman–Crippen MR) is 71.5 cm³/mol. The fourth-order valence-electron chi connectivity index (χ4n) is 2.02. The standard InChI is InChI=1S/C10H15ClN4O3S/c11-10-14-8-2-1-6(16)5-7(8)9(15-10)13-3-4-19(12,17)18/h6,16H,1-5H2,(H2,12,17,18)(H,13,14,15). The van der Waals surface area contributed by atoms with Crippen molar-refractivity contribution in [2.45, 2.75) is 25.4 Å². The second-order valence-electron chi connectivity index (χ2n) is 4.46. The molecule has 0 amide bonds. The van der Waals surface area contributed by atoms with E-state index in [1.807, 2.05) is 0 Å². The van der Waals surface area contributed by atoms with Crippen molar-refractivity contribution in [3.63, 3.8) is 0 Å². The number of aliphatic hydroxyl groups excluding tert-OH is 1. The van der Waals surface area contributed by atoms with Gasteiger partial charge in [-0.2, -0.15) is 0 Å². The number of nitrogens with one attached hydrogen (secondary N) is 1. The Morgan fingerprint density at radius 3 is 2.89 bits per heavy atom. The van der Waals surface area contributed by atoms with Gasteiger partial charge in [-0.25, -0.2) is 23.5 Å². The maximum absolute atomic E-state index is 10.9. The number of hydrogen-bond acceptors (Lipinski definition) is 6. The second kappa shape index (κ2) is 5.58. The SMILES string of the molecule is NS(=O)(=O)CCNc1nc(Cl)nc2c1CC(O)CC2. The van der Waals surface area contributed by atoms with E-state index in [1.165, 1.54) is 0 Å². The van der Waals surface area contributed by atoms with Gasteiger partial charge in [0, 0.05) is 18.5 Å². The summed E-state index contributed by atoms with van der Waals surface area (Å²) >= 11 is 5.82. The van der Waals surface area contributed by atoms with E-state index < -0.39 is 16.1 Å². The van der Waals surface area contributed by atoms with Gasteiger partial charge in [0.25, 0.3) is 0 Å². The zero-order valence-electron chi connectivity index (χ0n) is 10.1. The van der Waals surface area contributed by atoms with Gasteiger partial charge in [-0.05, 0) is 24.4 Å². The molecule has 7 nitrogen and oxygen atoms in total. The number of aliphatic hydroxyl groups is 1. The molecule has 0 saturated heterocycles. The van der Waals surface area contributed by atoms with Crippen LogP contribution in [0, 0.1) is 0 Å². The van der Waals surface area contributed by atoms with E-state index in [4.69, 9.17) is 16.7 Å². The number of aryl methyl sites for hydroxylation is 1. The maximum atomic E-state index is 10.9. The minimum atomic E-state index is -3.52. The van der Waals surface area contributed by atoms with Gasteiger partial charge in [0.1, 0.15) is 5.82 Å². The topological polar surface area (TPSA) is 118 Å². The molecule has 1 atom stereocenters. The first-order chi connectivity index (χ1) is 8.85. The molecule has 9 heteroatoms. The lowest BCUT2D eigenvalue weighted by Gasteiger charge is -2.22. The molecule has 1 unspecified atom stereocenters. The number of nitrogens with two attached hydrogens (primary N) is 1. The van der Waals surface area contributed by atoms with Crippen molar-refractivity contribution in [1.82, 2.24) is 9.97 Å². The average Bonchev–Trinajstić information content (AvgIpc) is 2.28. The van der Waals surface area contributed by atoms with Crippen LogP contribution in [0.25, 0.3) is 0 Å². The molecule has 0 spiro atoms. The summed E-state index contributed by atoms with van der Waals surface area (Å²) in [5.41, 5.74) is 1.58. The van der Waals surface area contributed by atoms with Crippen molar-refractivity contribution < 1.29 is 13.5 Å². The summed E-state index contributed by atoms with van der Waals surface area (Å²) in [6, 6.07) is 0. The number of aromatic nitrogens is 2. The number of nitrogens with zero attached hydrogens (tertiary/aromatic N) is 2. The summed E-state index contributed by atoms with van der Waals surface area (Å²) in [6.07, 6.45) is 1.26. The van der Waals surface area contributed by atoms with E-state index >= 15 is 0 Å². The van der Waals surface area contributed by atoms with E-state index in [0.29, 0.717) is 25.1 Å². The van der Waals surface area contributed by atoms with Crippen molar-refractivity contribution >= 4 is 27.4 Å². The summed E-state index contributed by atoms with van der Waals surface area (Å²) < 4.78 is 21.7. The molecule has 1 aliphatic rings. The third-order valence-corrected chi connectivity index (χ3v) is 3.84. The van der Waals surface area contributed by atoms with Gasteiger partial charge in [-0.1, -0.05) is 0 Å². The average molecular weight is 307 g/mol. The molecule has 1 aromatic rings. The van der Waals surface area contributed by atoms with E-state index in [0.717, 1.165) is 11.3 Å². The zero-order valence-corrected chi connectivity index (χ0v) is 11.7. The fourth-order valence-corrected chi connectivity index (χ4v) is 2.59. The lowest BCUT2D eigenvalue weighted by molar-refractivity contribution is 0.157. The molecule has 0 bridgehead atoms. The van der Waals surface area contributed by atoms with Crippen LogP contribution in [-0.2, 0) is 22.9 Å². The molecule has 0 radical (unpaired) electrons. The Kier molecular flexibility index (Phi) is 4.24. The molecule has 2 rings (SSSR count). The Bertz CT molecular complexity index is 578. The second-order valence-corrected chi connectivity index (χ2v) is 6.53. The monoisotopic (exact) mass is 306 g/mol. The predicted octanol–water partition coefficient (Wildman–Crippen LogP) is -0.320. The van der Waals surface area contributed by atoms with Crippen LogP contribution in [0.15, 0.2) is 0 Å². The summed E-state index contributed by atoms with van der Waals surface area (Å²) in [7, 11) is -3.52. The summed E-state index contributed by atoms with van der Waals surface area (Å²) in [6.45, 7) is 0.134. The number of anilines is 1. The van der Waals surface area contributed by atoms with Crippen molar-refractivity contribution in [1.29, 1.82) is 0 Å². The highest BCUT2D eigenvalue weighted by molar-refractivity contribution is 7.89. The van der Waals surface area contributed by atoms with Gasteiger partial charge in [0.05, 0.1) is 17.6 Å². The Balaban J connectivity index is 2.17. The Morgan fingerprint density at radius 1 is 1.47 bits per heavy atom. The first-order valence-electron chi connectivity index (χ1n) is 5.83. The molecule has 0 aromatic carbocycles. The Hall–Kier alpha value is -0.960. The molecular formula is C10H15ClN4O3S. The number of sulfonamides is 1. The van der Waals surface area contributed by atoms with Gasteiger partial charge >= 0.3 is 0 Å². The lowest BCUT2D eigenvalue weighted by atomic mass is 9.94. The van der Waals surface area contributed by atoms with Crippen LogP contribution in [0.5, 0.6) is 0 Å². The van der Waals surface area contributed by atoms with Crippen molar-refractivity contribution in [3.8, 4) is 0 Å². The van der Waals surface area contributed by atoms with Crippen LogP contribution in [0.4, 0.5) is 5.82 Å². The highest BCUT2D eigenvalue weighted by atomic mass is 35.5. The largest absolute Gasteiger partial charge is 0.393 e. The molecule has 19 heavy (non-hydrogen) atoms. The third kappa shape index (κ3) is 4.00. The smallest absolute Gasteiger partial charge is 0.224 e. The number of primary sulfonamides is 1. The van der Waals surface area contributed by atoms with Crippen LogP contribution < -0.4 is 10.5 Å². The molecule has 1 aromatic heterocycles. The van der Waals surface area contributed by atoms with E-state index in [2.05, 4.69) is 15.3 Å².